The molecule has 0 aromatic heterocycles. The summed E-state index contributed by atoms with van der Waals surface area (Å²) in [5, 5.41) is 3.59. The van der Waals surface area contributed by atoms with Crippen LogP contribution >= 0.6 is 35.0 Å². The van der Waals surface area contributed by atoms with Crippen LogP contribution in [-0.4, -0.2) is 38.0 Å². The van der Waals surface area contributed by atoms with Gasteiger partial charge in [-0.3, -0.25) is 4.79 Å². The van der Waals surface area contributed by atoms with E-state index >= 15 is 0 Å². The molecule has 156 valence electrons. The average Bonchev–Trinajstić information content (AvgIpc) is 2.71. The van der Waals surface area contributed by atoms with E-state index in [1.165, 1.54) is 4.31 Å². The van der Waals surface area contributed by atoms with E-state index in [1.807, 2.05) is 30.5 Å². The monoisotopic (exact) mass is 472 g/mol. The molecule has 2 aromatic rings. The van der Waals surface area contributed by atoms with Crippen LogP contribution in [0.4, 0.5) is 5.69 Å². The number of anilines is 1. The van der Waals surface area contributed by atoms with Crippen LogP contribution < -0.4 is 5.32 Å². The highest BCUT2D eigenvalue weighted by Gasteiger charge is 2.33. The van der Waals surface area contributed by atoms with Gasteiger partial charge in [0.1, 0.15) is 0 Å². The molecule has 3 rings (SSSR count). The van der Waals surface area contributed by atoms with Crippen LogP contribution in [0.2, 0.25) is 10.0 Å². The lowest BCUT2D eigenvalue weighted by atomic mass is 9.99. The van der Waals surface area contributed by atoms with Gasteiger partial charge in [0.2, 0.25) is 15.9 Å². The Bertz CT molecular complexity index is 979. The van der Waals surface area contributed by atoms with Crippen molar-refractivity contribution < 1.29 is 13.2 Å². The van der Waals surface area contributed by atoms with Crippen molar-refractivity contribution >= 4 is 56.6 Å². The highest BCUT2D eigenvalue weighted by atomic mass is 35.5. The third kappa shape index (κ3) is 5.47. The molecule has 29 heavy (non-hydrogen) atoms. The van der Waals surface area contributed by atoms with E-state index < -0.39 is 15.9 Å². The minimum Gasteiger partial charge on any atom is -0.325 e. The van der Waals surface area contributed by atoms with Gasteiger partial charge in [-0.2, -0.15) is 0 Å². The number of carbonyl (C=O) groups excluding carboxylic acids is 1. The molecule has 0 bridgehead atoms. The summed E-state index contributed by atoms with van der Waals surface area (Å²) in [4.78, 5) is 13.8. The van der Waals surface area contributed by atoms with Crippen molar-refractivity contribution in [1.29, 1.82) is 0 Å². The molecule has 0 saturated carbocycles. The van der Waals surface area contributed by atoms with Crippen LogP contribution in [0.3, 0.4) is 0 Å². The fourth-order valence-electron chi connectivity index (χ4n) is 3.34. The van der Waals surface area contributed by atoms with Crippen molar-refractivity contribution in [2.24, 2.45) is 5.92 Å². The molecule has 2 aromatic carbocycles. The Morgan fingerprint density at radius 1 is 1.17 bits per heavy atom. The van der Waals surface area contributed by atoms with Gasteiger partial charge in [-0.1, -0.05) is 41.4 Å². The van der Waals surface area contributed by atoms with Gasteiger partial charge in [0.05, 0.1) is 17.4 Å². The topological polar surface area (TPSA) is 66.5 Å². The first-order chi connectivity index (χ1) is 13.8. The van der Waals surface area contributed by atoms with E-state index in [1.54, 1.807) is 30.0 Å². The van der Waals surface area contributed by atoms with E-state index in [4.69, 9.17) is 23.2 Å². The lowest BCUT2D eigenvalue weighted by Gasteiger charge is -2.31. The number of benzene rings is 2. The number of carbonyl (C=O) groups is 1. The number of hydrogen-bond donors (Lipinski definition) is 1. The fraction of sp³-hybridized carbons (Fsp3) is 0.350. The predicted molar refractivity (Wildman–Crippen MR) is 120 cm³/mol. The first-order valence-corrected chi connectivity index (χ1v) is 12.8. The van der Waals surface area contributed by atoms with Crippen LogP contribution in [0, 0.1) is 5.92 Å². The second-order valence-corrected chi connectivity index (χ2v) is 10.5. The predicted octanol–water partition coefficient (Wildman–Crippen LogP) is 4.90. The molecule has 1 aliphatic heterocycles. The molecule has 0 radical (unpaired) electrons. The summed E-state index contributed by atoms with van der Waals surface area (Å²) in [7, 11) is -3.65. The first kappa shape index (κ1) is 22.4. The Hall–Kier alpha value is -1.25. The molecule has 1 aliphatic rings. The van der Waals surface area contributed by atoms with Crippen LogP contribution in [0.1, 0.15) is 18.4 Å². The van der Waals surface area contributed by atoms with Gasteiger partial charge in [0, 0.05) is 33.6 Å². The van der Waals surface area contributed by atoms with E-state index in [0.29, 0.717) is 35.0 Å². The Morgan fingerprint density at radius 2 is 1.86 bits per heavy atom. The number of nitrogens with one attached hydrogen (secondary N) is 1. The number of sulfonamides is 1. The molecule has 1 fully saturated rings. The number of halogens is 2. The number of piperidine rings is 1. The molecule has 0 unspecified atom stereocenters. The van der Waals surface area contributed by atoms with Gasteiger partial charge < -0.3 is 5.32 Å². The van der Waals surface area contributed by atoms with Crippen LogP contribution in [-0.2, 0) is 20.6 Å². The molecular formula is C20H22Cl2N2O3S2. The second kappa shape index (κ2) is 9.71. The van der Waals surface area contributed by atoms with Crippen LogP contribution in [0.5, 0.6) is 0 Å². The smallest absolute Gasteiger partial charge is 0.228 e. The van der Waals surface area contributed by atoms with Crippen molar-refractivity contribution in [3.8, 4) is 0 Å². The summed E-state index contributed by atoms with van der Waals surface area (Å²) < 4.78 is 27.3. The zero-order valence-electron chi connectivity index (χ0n) is 15.9. The zero-order chi connectivity index (χ0) is 21.0. The van der Waals surface area contributed by atoms with Crippen molar-refractivity contribution in [3.05, 3.63) is 58.1 Å². The van der Waals surface area contributed by atoms with Gasteiger partial charge in [0.25, 0.3) is 0 Å². The summed E-state index contributed by atoms with van der Waals surface area (Å²) >= 11 is 13.8. The number of para-hydroxylation sites is 1. The van der Waals surface area contributed by atoms with Gasteiger partial charge in [-0.05, 0) is 43.4 Å². The van der Waals surface area contributed by atoms with Gasteiger partial charge in [-0.15, -0.1) is 11.8 Å². The van der Waals surface area contributed by atoms with E-state index in [0.717, 1.165) is 10.6 Å². The second-order valence-electron chi connectivity index (χ2n) is 6.84. The Morgan fingerprint density at radius 3 is 2.55 bits per heavy atom. The normalized spacial score (nSPS) is 17.8. The van der Waals surface area contributed by atoms with Crippen molar-refractivity contribution in [3.63, 3.8) is 0 Å². The summed E-state index contributed by atoms with van der Waals surface area (Å²) in [6, 6.07) is 12.5. The van der Waals surface area contributed by atoms with Crippen LogP contribution in [0.25, 0.3) is 0 Å². The molecule has 5 nitrogen and oxygen atoms in total. The maximum Gasteiger partial charge on any atom is 0.228 e. The van der Waals surface area contributed by atoms with Gasteiger partial charge in [-0.25, -0.2) is 12.7 Å². The molecule has 1 heterocycles. The molecule has 1 atom stereocenters. The summed E-state index contributed by atoms with van der Waals surface area (Å²) in [5.74, 6) is -0.855. The lowest BCUT2D eigenvalue weighted by Crippen LogP contribution is -2.44. The van der Waals surface area contributed by atoms with Crippen molar-refractivity contribution in [2.75, 3.05) is 24.7 Å². The van der Waals surface area contributed by atoms with Crippen molar-refractivity contribution in [2.45, 2.75) is 23.5 Å². The zero-order valence-corrected chi connectivity index (χ0v) is 19.0. The number of hydrogen-bond acceptors (Lipinski definition) is 4. The third-order valence-electron chi connectivity index (χ3n) is 4.90. The maximum absolute atomic E-state index is 13.0. The highest BCUT2D eigenvalue weighted by Crippen LogP contribution is 2.30. The Balaban J connectivity index is 1.72. The largest absolute Gasteiger partial charge is 0.325 e. The maximum atomic E-state index is 13.0. The highest BCUT2D eigenvalue weighted by molar-refractivity contribution is 7.98. The molecule has 0 spiro atoms. The quantitative estimate of drug-likeness (QED) is 0.607. The van der Waals surface area contributed by atoms with Crippen LogP contribution in [0.15, 0.2) is 47.4 Å². The SMILES string of the molecule is CSc1ccccc1NC(=O)[C@@H]1CCCN(S(=O)(=O)Cc2c(Cl)cccc2Cl)C1. The summed E-state index contributed by atoms with van der Waals surface area (Å²) in [6.45, 7) is 0.535. The summed E-state index contributed by atoms with van der Waals surface area (Å²) in [5.41, 5.74) is 1.13. The number of thioether (sulfide) groups is 1. The van der Waals surface area contributed by atoms with Gasteiger partial charge in [0.15, 0.2) is 0 Å². The Kier molecular flexibility index (Phi) is 7.51. The fourth-order valence-corrected chi connectivity index (χ4v) is 6.25. The minimum absolute atomic E-state index is 0.150. The first-order valence-electron chi connectivity index (χ1n) is 9.16. The Labute approximate surface area is 185 Å². The number of rotatable bonds is 6. The lowest BCUT2D eigenvalue weighted by molar-refractivity contribution is -0.120. The molecule has 9 heteroatoms. The summed E-state index contributed by atoms with van der Waals surface area (Å²) in [6.07, 6.45) is 3.21. The molecular weight excluding hydrogens is 451 g/mol. The average molecular weight is 473 g/mol. The number of nitrogens with zero attached hydrogens (tertiary/aromatic N) is 1. The van der Waals surface area contributed by atoms with Gasteiger partial charge >= 0.3 is 0 Å². The molecule has 0 aliphatic carbocycles. The van der Waals surface area contributed by atoms with Crippen molar-refractivity contribution in [1.82, 2.24) is 4.31 Å². The molecule has 1 N–H and O–H groups in total. The molecule has 1 amide bonds. The van der Waals surface area contributed by atoms with E-state index in [-0.39, 0.29) is 18.2 Å². The third-order valence-corrected chi connectivity index (χ3v) is 8.18. The standard InChI is InChI=1S/C20H22Cl2N2O3S2/c1-28-19-10-3-2-9-18(19)23-20(25)14-6-5-11-24(12-14)29(26,27)13-15-16(21)7-4-8-17(15)22/h2-4,7-10,14H,5-6,11-13H2,1H3,(H,23,25)/t14-/m1/s1. The van der Waals surface area contributed by atoms with E-state index in [2.05, 4.69) is 5.32 Å². The molecule has 1 saturated heterocycles. The minimum atomic E-state index is -3.65. The number of amides is 1. The van der Waals surface area contributed by atoms with E-state index in [9.17, 15) is 13.2 Å².